The molecule has 36 heavy (non-hydrogen) atoms. The van der Waals surface area contributed by atoms with Crippen LogP contribution in [0.2, 0.25) is 5.02 Å². The van der Waals surface area contributed by atoms with Crippen molar-refractivity contribution in [2.45, 2.75) is 18.4 Å². The van der Waals surface area contributed by atoms with Crippen molar-refractivity contribution in [2.24, 2.45) is 0 Å². The Hall–Kier alpha value is -3.42. The number of aromatic nitrogens is 1. The Labute approximate surface area is 217 Å². The number of hydrogen-bond donors (Lipinski definition) is 0. The summed E-state index contributed by atoms with van der Waals surface area (Å²) in [5, 5.41) is 0.529. The summed E-state index contributed by atoms with van der Waals surface area (Å²) in [4.78, 5) is 45.1. The minimum Gasteiger partial charge on any atom is -0.484 e. The number of Topliss-reactive ketones (excluding diaryl/α,β-unsaturated/α-hetero) is 2. The third kappa shape index (κ3) is 3.92. The predicted molar refractivity (Wildman–Crippen MR) is 139 cm³/mol. The number of piperidine rings is 1. The van der Waals surface area contributed by atoms with E-state index in [9.17, 15) is 14.4 Å². The van der Waals surface area contributed by atoms with Crippen molar-refractivity contribution < 1.29 is 19.1 Å². The molecule has 6 rings (SSSR count). The first kappa shape index (κ1) is 23.0. The largest absolute Gasteiger partial charge is 0.484 e. The molecule has 2 aromatic carbocycles. The lowest BCUT2D eigenvalue weighted by Crippen LogP contribution is -2.50. The highest BCUT2D eigenvalue weighted by Crippen LogP contribution is 2.48. The number of halogens is 1. The molecule has 1 aliphatic carbocycles. The average molecular weight is 517 g/mol. The third-order valence-corrected chi connectivity index (χ3v) is 8.52. The lowest BCUT2D eigenvalue weighted by Gasteiger charge is -2.45. The van der Waals surface area contributed by atoms with Gasteiger partial charge in [-0.15, -0.1) is 11.8 Å². The summed E-state index contributed by atoms with van der Waals surface area (Å²) in [6.45, 7) is 1.06. The smallest absolute Gasteiger partial charge is 0.253 e. The number of benzene rings is 2. The zero-order valence-electron chi connectivity index (χ0n) is 19.2. The molecule has 3 heterocycles. The van der Waals surface area contributed by atoms with Crippen LogP contribution in [0.3, 0.4) is 0 Å². The molecule has 0 unspecified atom stereocenters. The molecule has 1 aromatic heterocycles. The number of amides is 1. The summed E-state index contributed by atoms with van der Waals surface area (Å²) >= 11 is 7.46. The average Bonchev–Trinajstić information content (AvgIpc) is 2.92. The van der Waals surface area contributed by atoms with E-state index >= 15 is 0 Å². The van der Waals surface area contributed by atoms with Gasteiger partial charge in [0.25, 0.3) is 5.91 Å². The maximum atomic E-state index is 13.0. The molecule has 180 valence electrons. The van der Waals surface area contributed by atoms with Gasteiger partial charge >= 0.3 is 0 Å². The van der Waals surface area contributed by atoms with Crippen LogP contribution in [0.15, 0.2) is 71.9 Å². The highest BCUT2D eigenvalue weighted by molar-refractivity contribution is 8.04. The van der Waals surface area contributed by atoms with Crippen LogP contribution in [0.1, 0.15) is 39.1 Å². The van der Waals surface area contributed by atoms with Gasteiger partial charge in [0.1, 0.15) is 16.3 Å². The van der Waals surface area contributed by atoms with Crippen molar-refractivity contribution in [1.82, 2.24) is 9.88 Å². The standard InChI is InChI=1S/C28H21ClN2O4S/c29-20-5-1-3-18(13-20)27(34)31-11-8-28(9-12-31)16-36-26-24(33)23(32)21-7-6-17(14-22(21)25(26)35-28)19-4-2-10-30-15-19/h1-7,10,13-15H,8-9,11-12,16H2. The maximum absolute atomic E-state index is 13.0. The number of rotatable bonds is 2. The molecular weight excluding hydrogens is 496 g/mol. The van der Waals surface area contributed by atoms with Gasteiger partial charge in [0.2, 0.25) is 11.6 Å². The molecule has 2 aliphatic heterocycles. The van der Waals surface area contributed by atoms with Crippen molar-refractivity contribution in [3.05, 3.63) is 93.6 Å². The number of likely N-dealkylation sites (tertiary alicyclic amines) is 1. The summed E-state index contributed by atoms with van der Waals surface area (Å²) in [7, 11) is 0. The number of hydrogen-bond acceptors (Lipinski definition) is 6. The van der Waals surface area contributed by atoms with Crippen LogP contribution in [0.25, 0.3) is 16.9 Å². The normalized spacial score (nSPS) is 18.5. The maximum Gasteiger partial charge on any atom is 0.253 e. The van der Waals surface area contributed by atoms with E-state index in [0.29, 0.717) is 64.1 Å². The molecule has 1 amide bonds. The quantitative estimate of drug-likeness (QED) is 0.432. The van der Waals surface area contributed by atoms with Crippen LogP contribution in [-0.4, -0.2) is 51.8 Å². The second-order valence-corrected chi connectivity index (χ2v) is 10.6. The highest BCUT2D eigenvalue weighted by Gasteiger charge is 2.46. The van der Waals surface area contributed by atoms with Crippen LogP contribution in [0.5, 0.6) is 0 Å². The van der Waals surface area contributed by atoms with E-state index in [-0.39, 0.29) is 5.91 Å². The molecule has 0 bridgehead atoms. The van der Waals surface area contributed by atoms with Crippen LogP contribution in [0.4, 0.5) is 0 Å². The molecule has 6 nitrogen and oxygen atoms in total. The molecule has 3 aliphatic rings. The van der Waals surface area contributed by atoms with E-state index in [1.807, 2.05) is 29.2 Å². The van der Waals surface area contributed by atoms with Crippen LogP contribution >= 0.6 is 23.4 Å². The number of nitrogens with zero attached hydrogens (tertiary/aromatic N) is 2. The van der Waals surface area contributed by atoms with Gasteiger partial charge in [0.15, 0.2) is 0 Å². The Kier molecular flexibility index (Phi) is 5.69. The summed E-state index contributed by atoms with van der Waals surface area (Å²) in [5.41, 5.74) is 2.86. The van der Waals surface area contributed by atoms with Crippen molar-refractivity contribution in [3.8, 4) is 11.1 Å². The molecule has 1 saturated heterocycles. The molecule has 0 N–H and O–H groups in total. The zero-order chi connectivity index (χ0) is 24.9. The molecule has 0 radical (unpaired) electrons. The molecule has 1 fully saturated rings. The number of carbonyl (C=O) groups excluding carboxylic acids is 3. The minimum atomic E-state index is -0.517. The minimum absolute atomic E-state index is 0.0550. The van der Waals surface area contributed by atoms with Gasteiger partial charge in [-0.1, -0.05) is 29.8 Å². The van der Waals surface area contributed by atoms with Gasteiger partial charge in [-0.3, -0.25) is 19.4 Å². The summed E-state index contributed by atoms with van der Waals surface area (Å²) in [5.74, 6) is -0.0378. The number of thioether (sulfide) groups is 1. The Bertz CT molecular complexity index is 1440. The van der Waals surface area contributed by atoms with E-state index in [1.165, 1.54) is 11.8 Å². The van der Waals surface area contributed by atoms with Crippen molar-refractivity contribution in [2.75, 3.05) is 18.8 Å². The van der Waals surface area contributed by atoms with Gasteiger partial charge in [-0.2, -0.15) is 0 Å². The Morgan fingerprint density at radius 1 is 0.972 bits per heavy atom. The SMILES string of the molecule is O=C1C(=O)c2ccc(-c3cccnc3)cc2C2=C1SCC1(CCN(C(=O)c3cccc(Cl)c3)CC1)O2. The second-order valence-electron chi connectivity index (χ2n) is 9.19. The lowest BCUT2D eigenvalue weighted by molar-refractivity contribution is -0.111. The predicted octanol–water partition coefficient (Wildman–Crippen LogP) is 5.27. The zero-order valence-corrected chi connectivity index (χ0v) is 20.8. The van der Waals surface area contributed by atoms with Gasteiger partial charge in [-0.05, 0) is 42.0 Å². The number of fused-ring (bicyclic) bond motifs is 2. The first-order valence-electron chi connectivity index (χ1n) is 11.7. The first-order valence-corrected chi connectivity index (χ1v) is 13.1. The number of carbonyl (C=O) groups is 3. The van der Waals surface area contributed by atoms with E-state index in [0.717, 1.165) is 11.1 Å². The fourth-order valence-corrected chi connectivity index (χ4v) is 6.40. The van der Waals surface area contributed by atoms with Gasteiger partial charge in [0.05, 0.1) is 0 Å². The number of ether oxygens (including phenoxy) is 1. The molecule has 0 saturated carbocycles. The van der Waals surface area contributed by atoms with E-state index in [1.54, 1.807) is 42.7 Å². The number of pyridine rings is 1. The van der Waals surface area contributed by atoms with Gasteiger partial charge < -0.3 is 9.64 Å². The van der Waals surface area contributed by atoms with E-state index < -0.39 is 17.2 Å². The van der Waals surface area contributed by atoms with Gasteiger partial charge in [0, 0.05) is 71.4 Å². The topological polar surface area (TPSA) is 76.6 Å². The Balaban J connectivity index is 1.28. The van der Waals surface area contributed by atoms with Crippen LogP contribution < -0.4 is 0 Å². The van der Waals surface area contributed by atoms with Crippen LogP contribution in [-0.2, 0) is 9.53 Å². The molecule has 0 atom stereocenters. The second kappa shape index (κ2) is 8.91. The lowest BCUT2D eigenvalue weighted by atomic mass is 9.88. The summed E-state index contributed by atoms with van der Waals surface area (Å²) in [6.07, 6.45) is 4.72. The van der Waals surface area contributed by atoms with E-state index in [4.69, 9.17) is 16.3 Å². The molecule has 3 aromatic rings. The first-order chi connectivity index (χ1) is 17.4. The Morgan fingerprint density at radius 3 is 2.56 bits per heavy atom. The fraction of sp³-hybridized carbons (Fsp3) is 0.214. The van der Waals surface area contributed by atoms with Crippen LogP contribution in [0, 0.1) is 0 Å². The molecule has 8 heteroatoms. The third-order valence-electron chi connectivity index (χ3n) is 6.95. The highest BCUT2D eigenvalue weighted by atomic mass is 35.5. The van der Waals surface area contributed by atoms with Crippen molar-refractivity contribution in [1.29, 1.82) is 0 Å². The monoisotopic (exact) mass is 516 g/mol. The molecule has 1 spiro atoms. The molecular formula is C28H21ClN2O4S. The summed E-state index contributed by atoms with van der Waals surface area (Å²) in [6, 6.07) is 16.2. The Morgan fingerprint density at radius 2 is 1.81 bits per heavy atom. The van der Waals surface area contributed by atoms with Crippen molar-refractivity contribution >= 4 is 46.6 Å². The van der Waals surface area contributed by atoms with Crippen molar-refractivity contribution in [3.63, 3.8) is 0 Å². The summed E-state index contributed by atoms with van der Waals surface area (Å²) < 4.78 is 6.62. The number of allylic oxidation sites excluding steroid dienone is 1. The van der Waals surface area contributed by atoms with Gasteiger partial charge in [-0.25, -0.2) is 0 Å². The fourth-order valence-electron chi connectivity index (χ4n) is 4.94. The number of ketones is 2. The van der Waals surface area contributed by atoms with E-state index in [2.05, 4.69) is 4.98 Å².